The number of ether oxygens (including phenoxy) is 1. The molecule has 2 aromatic carbocycles. The van der Waals surface area contributed by atoms with Crippen LogP contribution in [0.2, 0.25) is 5.02 Å². The fourth-order valence-corrected chi connectivity index (χ4v) is 3.41. The number of amides is 1. The first kappa shape index (κ1) is 18.4. The second kappa shape index (κ2) is 8.34. The number of hydrogen-bond acceptors (Lipinski definition) is 4. The number of aromatic nitrogens is 1. The van der Waals surface area contributed by atoms with Gasteiger partial charge in [0.25, 0.3) is 0 Å². The van der Waals surface area contributed by atoms with E-state index >= 15 is 0 Å². The van der Waals surface area contributed by atoms with Crippen LogP contribution in [0.5, 0.6) is 5.75 Å². The molecule has 0 spiro atoms. The molecular formula is C20H19ClN2O2S. The predicted molar refractivity (Wildman–Crippen MR) is 106 cm³/mol. The number of hydrogen-bond donors (Lipinski definition) is 1. The molecule has 0 atom stereocenters. The molecule has 0 bridgehead atoms. The van der Waals surface area contributed by atoms with Crippen molar-refractivity contribution in [1.82, 2.24) is 4.98 Å². The van der Waals surface area contributed by atoms with E-state index in [2.05, 4.69) is 10.3 Å². The molecule has 0 saturated heterocycles. The van der Waals surface area contributed by atoms with Crippen molar-refractivity contribution in [2.24, 2.45) is 0 Å². The molecule has 0 saturated carbocycles. The number of rotatable bonds is 6. The second-order valence-corrected chi connectivity index (χ2v) is 7.40. The lowest BCUT2D eigenvalue weighted by atomic mass is 10.2. The highest BCUT2D eigenvalue weighted by Crippen LogP contribution is 2.23. The minimum absolute atomic E-state index is 0.0794. The van der Waals surface area contributed by atoms with E-state index in [9.17, 15) is 4.79 Å². The molecule has 1 aromatic heterocycles. The Labute approximate surface area is 161 Å². The van der Waals surface area contributed by atoms with E-state index in [-0.39, 0.29) is 12.3 Å². The fourth-order valence-electron chi connectivity index (χ4n) is 2.40. The maximum absolute atomic E-state index is 12.1. The summed E-state index contributed by atoms with van der Waals surface area (Å²) in [6.45, 7) is 4.32. The third-order valence-electron chi connectivity index (χ3n) is 3.76. The average Bonchev–Trinajstić information content (AvgIpc) is 3.03. The molecular weight excluding hydrogens is 368 g/mol. The molecule has 0 aliphatic carbocycles. The van der Waals surface area contributed by atoms with Crippen LogP contribution in [-0.4, -0.2) is 10.9 Å². The van der Waals surface area contributed by atoms with Gasteiger partial charge in [-0.3, -0.25) is 4.79 Å². The minimum atomic E-state index is -0.0794. The van der Waals surface area contributed by atoms with Crippen LogP contribution in [0.3, 0.4) is 0 Å². The van der Waals surface area contributed by atoms with Crippen molar-refractivity contribution >= 4 is 34.5 Å². The third kappa shape index (κ3) is 5.07. The van der Waals surface area contributed by atoms with Crippen LogP contribution in [-0.2, 0) is 17.8 Å². The zero-order valence-electron chi connectivity index (χ0n) is 14.6. The molecule has 3 aromatic rings. The van der Waals surface area contributed by atoms with Gasteiger partial charge in [0.05, 0.1) is 12.1 Å². The topological polar surface area (TPSA) is 51.2 Å². The zero-order valence-corrected chi connectivity index (χ0v) is 16.2. The van der Waals surface area contributed by atoms with Gasteiger partial charge in [0, 0.05) is 16.1 Å². The van der Waals surface area contributed by atoms with Gasteiger partial charge in [-0.25, -0.2) is 4.98 Å². The van der Waals surface area contributed by atoms with Gasteiger partial charge in [-0.05, 0) is 49.7 Å². The van der Waals surface area contributed by atoms with E-state index in [1.54, 1.807) is 6.07 Å². The van der Waals surface area contributed by atoms with Gasteiger partial charge in [0.15, 0.2) is 0 Å². The van der Waals surface area contributed by atoms with Crippen LogP contribution in [0.15, 0.2) is 47.8 Å². The van der Waals surface area contributed by atoms with Crippen molar-refractivity contribution in [3.05, 3.63) is 74.7 Å². The van der Waals surface area contributed by atoms with E-state index in [4.69, 9.17) is 16.3 Å². The number of benzene rings is 2. The van der Waals surface area contributed by atoms with Crippen molar-refractivity contribution in [3.8, 4) is 5.75 Å². The van der Waals surface area contributed by atoms with Crippen molar-refractivity contribution < 1.29 is 9.53 Å². The summed E-state index contributed by atoms with van der Waals surface area (Å²) in [5.41, 5.74) is 3.73. The molecule has 0 fully saturated rings. The molecule has 0 radical (unpaired) electrons. The monoisotopic (exact) mass is 386 g/mol. The lowest BCUT2D eigenvalue weighted by Crippen LogP contribution is -2.14. The molecule has 26 heavy (non-hydrogen) atoms. The van der Waals surface area contributed by atoms with E-state index in [0.717, 1.165) is 33.3 Å². The molecule has 0 unspecified atom stereocenters. The number of aryl methyl sites for hydroxylation is 2. The highest BCUT2D eigenvalue weighted by Gasteiger charge is 2.09. The molecule has 134 valence electrons. The number of nitrogens with zero attached hydrogens (tertiary/aromatic N) is 1. The number of thiazole rings is 1. The Balaban J connectivity index is 1.54. The highest BCUT2D eigenvalue weighted by molar-refractivity contribution is 7.09. The van der Waals surface area contributed by atoms with Gasteiger partial charge in [0.2, 0.25) is 5.91 Å². The SMILES string of the molecule is Cc1ccc(NC(=O)Cc2nc(COc3ccc(Cl)cc3C)cs2)cc1. The van der Waals surface area contributed by atoms with Crippen molar-refractivity contribution in [1.29, 1.82) is 0 Å². The van der Waals surface area contributed by atoms with Crippen LogP contribution >= 0.6 is 22.9 Å². The molecule has 0 aliphatic heterocycles. The Hall–Kier alpha value is -2.37. The summed E-state index contributed by atoms with van der Waals surface area (Å²) < 4.78 is 5.79. The van der Waals surface area contributed by atoms with E-state index in [1.807, 2.05) is 55.6 Å². The van der Waals surface area contributed by atoms with Gasteiger partial charge >= 0.3 is 0 Å². The smallest absolute Gasteiger partial charge is 0.231 e. The van der Waals surface area contributed by atoms with Gasteiger partial charge in [-0.1, -0.05) is 29.3 Å². The molecule has 3 rings (SSSR count). The van der Waals surface area contributed by atoms with E-state index in [1.165, 1.54) is 11.3 Å². The first-order chi connectivity index (χ1) is 12.5. The van der Waals surface area contributed by atoms with Crippen LogP contribution in [0, 0.1) is 13.8 Å². The fraction of sp³-hybridized carbons (Fsp3) is 0.200. The van der Waals surface area contributed by atoms with Gasteiger partial charge in [-0.15, -0.1) is 11.3 Å². The quantitative estimate of drug-likeness (QED) is 0.635. The predicted octanol–water partition coefficient (Wildman–Crippen LogP) is 5.17. The Kier molecular flexibility index (Phi) is 5.91. The van der Waals surface area contributed by atoms with E-state index in [0.29, 0.717) is 11.6 Å². The Morgan fingerprint density at radius 1 is 1.19 bits per heavy atom. The summed E-state index contributed by atoms with van der Waals surface area (Å²) in [6, 6.07) is 13.2. The first-order valence-electron chi connectivity index (χ1n) is 8.18. The maximum Gasteiger partial charge on any atom is 0.231 e. The summed E-state index contributed by atoms with van der Waals surface area (Å²) in [5, 5.41) is 6.25. The molecule has 1 N–H and O–H groups in total. The van der Waals surface area contributed by atoms with E-state index < -0.39 is 0 Å². The molecule has 0 aliphatic rings. The minimum Gasteiger partial charge on any atom is -0.487 e. The first-order valence-corrected chi connectivity index (χ1v) is 9.44. The molecule has 6 heteroatoms. The van der Waals surface area contributed by atoms with Crippen LogP contribution in [0.25, 0.3) is 0 Å². The number of halogens is 1. The van der Waals surface area contributed by atoms with Gasteiger partial charge in [-0.2, -0.15) is 0 Å². The largest absolute Gasteiger partial charge is 0.487 e. The van der Waals surface area contributed by atoms with Crippen molar-refractivity contribution in [2.45, 2.75) is 26.9 Å². The van der Waals surface area contributed by atoms with Crippen molar-refractivity contribution in [2.75, 3.05) is 5.32 Å². The number of nitrogens with one attached hydrogen (secondary N) is 1. The number of anilines is 1. The Bertz CT molecular complexity index is 906. The lowest BCUT2D eigenvalue weighted by molar-refractivity contribution is -0.115. The standard InChI is InChI=1S/C20H19ClN2O2S/c1-13-3-6-16(7-4-13)22-19(24)10-20-23-17(12-26-20)11-25-18-8-5-15(21)9-14(18)2/h3-9,12H,10-11H2,1-2H3,(H,22,24). The summed E-state index contributed by atoms with van der Waals surface area (Å²) in [4.78, 5) is 16.6. The van der Waals surface area contributed by atoms with Crippen molar-refractivity contribution in [3.63, 3.8) is 0 Å². The molecule has 1 amide bonds. The summed E-state index contributed by atoms with van der Waals surface area (Å²) in [5.74, 6) is 0.699. The van der Waals surface area contributed by atoms with Crippen LogP contribution < -0.4 is 10.1 Å². The van der Waals surface area contributed by atoms with Gasteiger partial charge < -0.3 is 10.1 Å². The third-order valence-corrected chi connectivity index (χ3v) is 4.89. The normalized spacial score (nSPS) is 10.6. The van der Waals surface area contributed by atoms with Crippen LogP contribution in [0.1, 0.15) is 21.8 Å². The van der Waals surface area contributed by atoms with Crippen LogP contribution in [0.4, 0.5) is 5.69 Å². The average molecular weight is 387 g/mol. The number of carbonyl (C=O) groups excluding carboxylic acids is 1. The molecule has 4 nitrogen and oxygen atoms in total. The summed E-state index contributed by atoms with van der Waals surface area (Å²) in [6.07, 6.45) is 0.249. The highest BCUT2D eigenvalue weighted by atomic mass is 35.5. The maximum atomic E-state index is 12.1. The second-order valence-electron chi connectivity index (χ2n) is 6.02. The number of carbonyl (C=O) groups is 1. The Morgan fingerprint density at radius 2 is 1.96 bits per heavy atom. The van der Waals surface area contributed by atoms with Gasteiger partial charge in [0.1, 0.15) is 17.4 Å². The molecule has 1 heterocycles. The summed E-state index contributed by atoms with van der Waals surface area (Å²) in [7, 11) is 0. The summed E-state index contributed by atoms with van der Waals surface area (Å²) >= 11 is 7.41. The Morgan fingerprint density at radius 3 is 2.69 bits per heavy atom. The zero-order chi connectivity index (χ0) is 18.5. The lowest BCUT2D eigenvalue weighted by Gasteiger charge is -2.07.